The van der Waals surface area contributed by atoms with Gasteiger partial charge in [-0.2, -0.15) is 0 Å². The standard InChI is InChI=1S/C19H22N2O3S/c1-2-3-12-20-19(22)16-8-6-9-17(14-16)25(23,24)21-13-11-15-7-4-5-10-18(15)21/h4-10,14H,2-3,11-13H2,1H3,(H,20,22). The number of carbonyl (C=O) groups is 1. The molecule has 2 aromatic carbocycles. The van der Waals surface area contributed by atoms with Gasteiger partial charge in [0.2, 0.25) is 0 Å². The molecule has 2 aromatic rings. The summed E-state index contributed by atoms with van der Waals surface area (Å²) >= 11 is 0. The Morgan fingerprint density at radius 3 is 2.76 bits per heavy atom. The number of sulfonamides is 1. The maximum Gasteiger partial charge on any atom is 0.264 e. The van der Waals surface area contributed by atoms with Crippen LogP contribution in [0.5, 0.6) is 0 Å². The molecule has 25 heavy (non-hydrogen) atoms. The topological polar surface area (TPSA) is 66.5 Å². The lowest BCUT2D eigenvalue weighted by Crippen LogP contribution is -2.29. The molecule has 6 heteroatoms. The van der Waals surface area contributed by atoms with Crippen molar-refractivity contribution < 1.29 is 13.2 Å². The Morgan fingerprint density at radius 1 is 1.16 bits per heavy atom. The lowest BCUT2D eigenvalue weighted by atomic mass is 10.2. The molecule has 0 bridgehead atoms. The monoisotopic (exact) mass is 358 g/mol. The van der Waals surface area contributed by atoms with Crippen molar-refractivity contribution in [2.75, 3.05) is 17.4 Å². The van der Waals surface area contributed by atoms with E-state index >= 15 is 0 Å². The Hall–Kier alpha value is -2.34. The third-order valence-corrected chi connectivity index (χ3v) is 6.15. The molecule has 0 atom stereocenters. The molecule has 5 nitrogen and oxygen atoms in total. The van der Waals surface area contributed by atoms with E-state index in [4.69, 9.17) is 0 Å². The first kappa shape index (κ1) is 17.5. The van der Waals surface area contributed by atoms with Crippen LogP contribution in [0.2, 0.25) is 0 Å². The number of rotatable bonds is 6. The molecule has 132 valence electrons. The molecule has 0 spiro atoms. The van der Waals surface area contributed by atoms with Crippen LogP contribution in [-0.2, 0) is 16.4 Å². The smallest absolute Gasteiger partial charge is 0.264 e. The van der Waals surface area contributed by atoms with Gasteiger partial charge >= 0.3 is 0 Å². The van der Waals surface area contributed by atoms with Crippen molar-refractivity contribution in [2.24, 2.45) is 0 Å². The van der Waals surface area contributed by atoms with E-state index < -0.39 is 10.0 Å². The number of carbonyl (C=O) groups excluding carboxylic acids is 1. The first-order chi connectivity index (χ1) is 12.0. The van der Waals surface area contributed by atoms with Crippen molar-refractivity contribution in [1.82, 2.24) is 5.32 Å². The Bertz CT molecular complexity index is 878. The maximum absolute atomic E-state index is 13.0. The minimum atomic E-state index is -3.68. The largest absolute Gasteiger partial charge is 0.352 e. The second-order valence-electron chi connectivity index (χ2n) is 6.09. The van der Waals surface area contributed by atoms with Crippen molar-refractivity contribution in [2.45, 2.75) is 31.1 Å². The van der Waals surface area contributed by atoms with Crippen LogP contribution < -0.4 is 9.62 Å². The molecule has 1 heterocycles. The van der Waals surface area contributed by atoms with Crippen LogP contribution in [0.1, 0.15) is 35.7 Å². The van der Waals surface area contributed by atoms with E-state index in [9.17, 15) is 13.2 Å². The summed E-state index contributed by atoms with van der Waals surface area (Å²) in [7, 11) is -3.68. The van der Waals surface area contributed by atoms with E-state index in [1.54, 1.807) is 18.2 Å². The minimum absolute atomic E-state index is 0.146. The Morgan fingerprint density at radius 2 is 1.96 bits per heavy atom. The van der Waals surface area contributed by atoms with Gasteiger partial charge in [-0.05, 0) is 42.7 Å². The van der Waals surface area contributed by atoms with Gasteiger partial charge in [-0.15, -0.1) is 0 Å². The fraction of sp³-hybridized carbons (Fsp3) is 0.316. The molecule has 1 amide bonds. The number of amides is 1. The predicted molar refractivity (Wildman–Crippen MR) is 98.4 cm³/mol. The van der Waals surface area contributed by atoms with E-state index in [-0.39, 0.29) is 10.8 Å². The molecule has 0 fully saturated rings. The summed E-state index contributed by atoms with van der Waals surface area (Å²) in [4.78, 5) is 12.3. The molecular formula is C19H22N2O3S. The highest BCUT2D eigenvalue weighted by molar-refractivity contribution is 7.92. The lowest BCUT2D eigenvalue weighted by Gasteiger charge is -2.20. The summed E-state index contributed by atoms with van der Waals surface area (Å²) in [5.41, 5.74) is 2.12. The molecule has 0 saturated carbocycles. The quantitative estimate of drug-likeness (QED) is 0.808. The van der Waals surface area contributed by atoms with E-state index in [0.717, 1.165) is 24.1 Å². The molecule has 1 N–H and O–H groups in total. The molecule has 0 saturated heterocycles. The van der Waals surface area contributed by atoms with Gasteiger partial charge in [0.25, 0.3) is 15.9 Å². The third-order valence-electron chi connectivity index (χ3n) is 4.34. The lowest BCUT2D eigenvalue weighted by molar-refractivity contribution is 0.0953. The molecule has 0 radical (unpaired) electrons. The fourth-order valence-corrected chi connectivity index (χ4v) is 4.51. The van der Waals surface area contributed by atoms with E-state index in [1.165, 1.54) is 10.4 Å². The van der Waals surface area contributed by atoms with Gasteiger partial charge in [-0.1, -0.05) is 37.6 Å². The Labute approximate surface area is 148 Å². The number of nitrogens with zero attached hydrogens (tertiary/aromatic N) is 1. The van der Waals surface area contributed by atoms with Gasteiger partial charge in [-0.25, -0.2) is 8.42 Å². The highest BCUT2D eigenvalue weighted by atomic mass is 32.2. The van der Waals surface area contributed by atoms with Crippen molar-refractivity contribution in [3.8, 4) is 0 Å². The average Bonchev–Trinajstić information content (AvgIpc) is 3.07. The van der Waals surface area contributed by atoms with Gasteiger partial charge in [0.1, 0.15) is 0 Å². The Balaban J connectivity index is 1.87. The van der Waals surface area contributed by atoms with Crippen LogP contribution in [0.4, 0.5) is 5.69 Å². The summed E-state index contributed by atoms with van der Waals surface area (Å²) in [5.74, 6) is -0.243. The normalized spacial score (nSPS) is 13.6. The molecule has 3 rings (SSSR count). The zero-order chi connectivity index (χ0) is 17.9. The summed E-state index contributed by atoms with van der Waals surface area (Å²) in [5, 5.41) is 2.82. The Kier molecular flexibility index (Phi) is 5.08. The summed E-state index contributed by atoms with van der Waals surface area (Å²) in [6, 6.07) is 13.8. The van der Waals surface area contributed by atoms with Crippen LogP contribution in [-0.4, -0.2) is 27.4 Å². The highest BCUT2D eigenvalue weighted by Crippen LogP contribution is 2.32. The van der Waals surface area contributed by atoms with Crippen molar-refractivity contribution >= 4 is 21.6 Å². The molecule has 1 aliphatic heterocycles. The van der Waals surface area contributed by atoms with Crippen LogP contribution >= 0.6 is 0 Å². The zero-order valence-electron chi connectivity index (χ0n) is 14.2. The van der Waals surface area contributed by atoms with Crippen molar-refractivity contribution in [3.63, 3.8) is 0 Å². The number of hydrogen-bond acceptors (Lipinski definition) is 3. The van der Waals surface area contributed by atoms with Gasteiger partial charge in [-0.3, -0.25) is 9.10 Å². The zero-order valence-corrected chi connectivity index (χ0v) is 15.1. The highest BCUT2D eigenvalue weighted by Gasteiger charge is 2.30. The average molecular weight is 358 g/mol. The second-order valence-corrected chi connectivity index (χ2v) is 7.96. The molecule has 0 unspecified atom stereocenters. The number of fused-ring (bicyclic) bond motifs is 1. The van der Waals surface area contributed by atoms with Gasteiger partial charge in [0.15, 0.2) is 0 Å². The van der Waals surface area contributed by atoms with Gasteiger partial charge < -0.3 is 5.32 Å². The van der Waals surface area contributed by atoms with Crippen LogP contribution in [0.3, 0.4) is 0 Å². The van der Waals surface area contributed by atoms with Gasteiger partial charge in [0, 0.05) is 18.7 Å². The summed E-state index contributed by atoms with van der Waals surface area (Å²) in [6.45, 7) is 3.06. The first-order valence-corrected chi connectivity index (χ1v) is 9.97. The number of nitrogens with one attached hydrogen (secondary N) is 1. The van der Waals surface area contributed by atoms with Crippen molar-refractivity contribution in [1.29, 1.82) is 0 Å². The second kappa shape index (κ2) is 7.27. The molecule has 1 aliphatic rings. The van der Waals surface area contributed by atoms with Crippen molar-refractivity contribution in [3.05, 3.63) is 59.7 Å². The molecule has 0 aromatic heterocycles. The SMILES string of the molecule is CCCCNC(=O)c1cccc(S(=O)(=O)N2CCc3ccccc32)c1. The van der Waals surface area contributed by atoms with Crippen LogP contribution in [0.15, 0.2) is 53.4 Å². The third kappa shape index (κ3) is 3.54. The number of benzene rings is 2. The number of hydrogen-bond donors (Lipinski definition) is 1. The number of unbranched alkanes of at least 4 members (excludes halogenated alkanes) is 1. The minimum Gasteiger partial charge on any atom is -0.352 e. The molecular weight excluding hydrogens is 336 g/mol. The fourth-order valence-electron chi connectivity index (χ4n) is 2.96. The van der Waals surface area contributed by atoms with Crippen LogP contribution in [0.25, 0.3) is 0 Å². The van der Waals surface area contributed by atoms with E-state index in [1.807, 2.05) is 31.2 Å². The number of para-hydroxylation sites is 1. The maximum atomic E-state index is 13.0. The van der Waals surface area contributed by atoms with E-state index in [2.05, 4.69) is 5.32 Å². The number of anilines is 1. The summed E-state index contributed by atoms with van der Waals surface area (Å²) in [6.07, 6.45) is 2.59. The van der Waals surface area contributed by atoms with E-state index in [0.29, 0.717) is 25.1 Å². The predicted octanol–water partition coefficient (Wildman–Crippen LogP) is 2.97. The summed E-state index contributed by atoms with van der Waals surface area (Å²) < 4.78 is 27.5. The van der Waals surface area contributed by atoms with Gasteiger partial charge in [0.05, 0.1) is 10.6 Å². The first-order valence-electron chi connectivity index (χ1n) is 8.53. The van der Waals surface area contributed by atoms with Crippen LogP contribution in [0, 0.1) is 0 Å². The molecule has 0 aliphatic carbocycles.